The van der Waals surface area contributed by atoms with Gasteiger partial charge in [0.25, 0.3) is 5.91 Å². The lowest BCUT2D eigenvalue weighted by molar-refractivity contribution is -0.148. The maximum Gasteiger partial charge on any atom is 0.329 e. The molecule has 2 aromatic rings. The van der Waals surface area contributed by atoms with Gasteiger partial charge in [0.2, 0.25) is 0 Å². The van der Waals surface area contributed by atoms with Gasteiger partial charge < -0.3 is 15.2 Å². The fraction of sp³-hybridized carbons (Fsp3) is 0.375. The molecule has 0 radical (unpaired) electrons. The molecular formula is C16H17NO4S. The Morgan fingerprint density at radius 2 is 2.05 bits per heavy atom. The molecule has 6 heteroatoms. The van der Waals surface area contributed by atoms with Crippen LogP contribution >= 0.6 is 11.3 Å². The van der Waals surface area contributed by atoms with E-state index in [1.54, 1.807) is 5.38 Å². The number of benzene rings is 1. The largest absolute Gasteiger partial charge is 0.480 e. The van der Waals surface area contributed by atoms with Crippen molar-refractivity contribution in [1.82, 2.24) is 5.32 Å². The molecule has 1 saturated heterocycles. The van der Waals surface area contributed by atoms with Crippen molar-refractivity contribution in [2.24, 2.45) is 0 Å². The van der Waals surface area contributed by atoms with E-state index >= 15 is 0 Å². The van der Waals surface area contributed by atoms with Crippen LogP contribution in [-0.2, 0) is 9.53 Å². The summed E-state index contributed by atoms with van der Waals surface area (Å²) in [5.41, 5.74) is 0.439. The second-order valence-corrected chi connectivity index (χ2v) is 6.51. The highest BCUT2D eigenvalue weighted by atomic mass is 32.1. The molecule has 0 bridgehead atoms. The van der Waals surface area contributed by atoms with Gasteiger partial charge in [-0.3, -0.25) is 4.79 Å². The molecule has 0 atom stereocenters. The SMILES string of the molecule is Cc1ccc2c(C(=O)NC3(C(=O)O)CCOCC3)csc2c1. The number of carboxylic acids is 1. The van der Waals surface area contributed by atoms with E-state index in [0.717, 1.165) is 15.6 Å². The summed E-state index contributed by atoms with van der Waals surface area (Å²) in [4.78, 5) is 24.2. The molecule has 2 heterocycles. The van der Waals surface area contributed by atoms with Crippen LogP contribution in [-0.4, -0.2) is 35.7 Å². The van der Waals surface area contributed by atoms with E-state index in [4.69, 9.17) is 4.74 Å². The number of fused-ring (bicyclic) bond motifs is 1. The van der Waals surface area contributed by atoms with Gasteiger partial charge in [0.15, 0.2) is 0 Å². The van der Waals surface area contributed by atoms with Gasteiger partial charge in [-0.25, -0.2) is 4.79 Å². The minimum Gasteiger partial charge on any atom is -0.480 e. The number of carbonyl (C=O) groups excluding carboxylic acids is 1. The van der Waals surface area contributed by atoms with Crippen LogP contribution in [0.3, 0.4) is 0 Å². The number of ether oxygens (including phenoxy) is 1. The van der Waals surface area contributed by atoms with E-state index in [-0.39, 0.29) is 18.7 Å². The molecular weight excluding hydrogens is 302 g/mol. The van der Waals surface area contributed by atoms with Gasteiger partial charge in [0.05, 0.1) is 5.56 Å². The molecule has 22 heavy (non-hydrogen) atoms. The molecule has 0 aliphatic carbocycles. The van der Waals surface area contributed by atoms with E-state index in [2.05, 4.69) is 5.32 Å². The number of hydrogen-bond acceptors (Lipinski definition) is 4. The first-order valence-corrected chi connectivity index (χ1v) is 8.01. The van der Waals surface area contributed by atoms with Gasteiger partial charge >= 0.3 is 5.97 Å². The Bertz CT molecular complexity index is 731. The third-order valence-corrected chi connectivity index (χ3v) is 5.03. The van der Waals surface area contributed by atoms with Crippen LogP contribution < -0.4 is 5.32 Å². The van der Waals surface area contributed by atoms with Crippen molar-refractivity contribution >= 4 is 33.3 Å². The molecule has 5 nitrogen and oxygen atoms in total. The number of rotatable bonds is 3. The summed E-state index contributed by atoms with van der Waals surface area (Å²) in [6.07, 6.45) is 0.574. The van der Waals surface area contributed by atoms with E-state index in [1.165, 1.54) is 11.3 Å². The van der Waals surface area contributed by atoms with Crippen molar-refractivity contribution < 1.29 is 19.4 Å². The molecule has 1 aliphatic rings. The Balaban J connectivity index is 1.90. The molecule has 3 rings (SSSR count). The molecule has 2 N–H and O–H groups in total. The molecule has 1 amide bonds. The van der Waals surface area contributed by atoms with Crippen LogP contribution in [0.1, 0.15) is 28.8 Å². The van der Waals surface area contributed by atoms with Crippen LogP contribution in [0, 0.1) is 6.92 Å². The van der Waals surface area contributed by atoms with Crippen molar-refractivity contribution in [3.8, 4) is 0 Å². The van der Waals surface area contributed by atoms with Gasteiger partial charge in [-0.1, -0.05) is 12.1 Å². The van der Waals surface area contributed by atoms with Crippen molar-refractivity contribution in [2.45, 2.75) is 25.3 Å². The predicted molar refractivity (Wildman–Crippen MR) is 84.4 cm³/mol. The molecule has 0 spiro atoms. The second-order valence-electron chi connectivity index (χ2n) is 5.60. The molecule has 1 aromatic heterocycles. The number of aryl methyl sites for hydroxylation is 1. The first-order valence-electron chi connectivity index (χ1n) is 7.13. The van der Waals surface area contributed by atoms with Crippen LogP contribution in [0.4, 0.5) is 0 Å². The highest BCUT2D eigenvalue weighted by molar-refractivity contribution is 7.17. The Labute approximate surface area is 131 Å². The zero-order valence-electron chi connectivity index (χ0n) is 12.2. The Morgan fingerprint density at radius 1 is 1.32 bits per heavy atom. The minimum atomic E-state index is -1.23. The van der Waals surface area contributed by atoms with Crippen LogP contribution in [0.25, 0.3) is 10.1 Å². The van der Waals surface area contributed by atoms with Crippen LogP contribution in [0.15, 0.2) is 23.6 Å². The summed E-state index contributed by atoms with van der Waals surface area (Å²) >= 11 is 1.49. The second kappa shape index (κ2) is 5.70. The lowest BCUT2D eigenvalue weighted by Gasteiger charge is -2.33. The predicted octanol–water partition coefficient (Wildman–Crippen LogP) is 2.57. The van der Waals surface area contributed by atoms with Gasteiger partial charge in [-0.2, -0.15) is 0 Å². The van der Waals surface area contributed by atoms with Gasteiger partial charge in [0, 0.05) is 41.5 Å². The molecule has 1 fully saturated rings. The van der Waals surface area contributed by atoms with Crippen molar-refractivity contribution in [1.29, 1.82) is 0 Å². The third kappa shape index (κ3) is 2.60. The number of carbonyl (C=O) groups is 2. The summed E-state index contributed by atoms with van der Waals surface area (Å²) in [5.74, 6) is -1.33. The number of aliphatic carboxylic acids is 1. The maximum absolute atomic E-state index is 12.6. The fourth-order valence-electron chi connectivity index (χ4n) is 2.71. The third-order valence-electron chi connectivity index (χ3n) is 4.08. The van der Waals surface area contributed by atoms with Gasteiger partial charge in [-0.05, 0) is 18.6 Å². The maximum atomic E-state index is 12.6. The summed E-state index contributed by atoms with van der Waals surface area (Å²) in [5, 5.41) is 14.9. The number of thiophene rings is 1. The zero-order chi connectivity index (χ0) is 15.7. The topological polar surface area (TPSA) is 75.6 Å². The Morgan fingerprint density at radius 3 is 2.73 bits per heavy atom. The lowest BCUT2D eigenvalue weighted by atomic mass is 9.89. The normalized spacial score (nSPS) is 17.3. The highest BCUT2D eigenvalue weighted by Crippen LogP contribution is 2.28. The molecule has 1 aromatic carbocycles. The number of carboxylic acid groups (broad SMARTS) is 1. The number of hydrogen-bond donors (Lipinski definition) is 2. The van der Waals surface area contributed by atoms with Crippen molar-refractivity contribution in [3.63, 3.8) is 0 Å². The van der Waals surface area contributed by atoms with E-state index < -0.39 is 11.5 Å². The monoisotopic (exact) mass is 319 g/mol. The van der Waals surface area contributed by atoms with E-state index in [0.29, 0.717) is 18.8 Å². The molecule has 1 aliphatic heterocycles. The van der Waals surface area contributed by atoms with Crippen molar-refractivity contribution in [3.05, 3.63) is 34.7 Å². The summed E-state index contributed by atoms with van der Waals surface area (Å²) < 4.78 is 6.25. The van der Waals surface area contributed by atoms with Crippen molar-refractivity contribution in [2.75, 3.05) is 13.2 Å². The van der Waals surface area contributed by atoms with Crippen LogP contribution in [0.2, 0.25) is 0 Å². The van der Waals surface area contributed by atoms with E-state index in [9.17, 15) is 14.7 Å². The standard InChI is InChI=1S/C16H17NO4S/c1-10-2-3-11-12(9-22-13(11)8-10)14(18)17-16(15(19)20)4-6-21-7-5-16/h2-3,8-9H,4-7H2,1H3,(H,17,18)(H,19,20). The fourth-order valence-corrected chi connectivity index (χ4v) is 3.75. The first-order chi connectivity index (χ1) is 10.5. The first kappa shape index (κ1) is 15.0. The quantitative estimate of drug-likeness (QED) is 0.912. The Hall–Kier alpha value is -1.92. The van der Waals surface area contributed by atoms with Gasteiger partial charge in [-0.15, -0.1) is 11.3 Å². The summed E-state index contributed by atoms with van der Waals surface area (Å²) in [6, 6.07) is 5.89. The summed E-state index contributed by atoms with van der Waals surface area (Å²) in [6.45, 7) is 2.69. The molecule has 0 saturated carbocycles. The number of nitrogens with one attached hydrogen (secondary N) is 1. The minimum absolute atomic E-state index is 0.287. The average Bonchev–Trinajstić information content (AvgIpc) is 2.91. The Kier molecular flexibility index (Phi) is 3.88. The molecule has 0 unspecified atom stereocenters. The average molecular weight is 319 g/mol. The highest BCUT2D eigenvalue weighted by Gasteiger charge is 2.42. The van der Waals surface area contributed by atoms with Crippen LogP contribution in [0.5, 0.6) is 0 Å². The zero-order valence-corrected chi connectivity index (χ0v) is 13.0. The number of amides is 1. The van der Waals surface area contributed by atoms with E-state index in [1.807, 2.05) is 25.1 Å². The van der Waals surface area contributed by atoms with Gasteiger partial charge in [0.1, 0.15) is 5.54 Å². The lowest BCUT2D eigenvalue weighted by Crippen LogP contribution is -2.57. The smallest absolute Gasteiger partial charge is 0.329 e. The summed E-state index contributed by atoms with van der Waals surface area (Å²) in [7, 11) is 0. The molecule has 116 valence electrons.